The van der Waals surface area contributed by atoms with Crippen molar-refractivity contribution in [3.8, 4) is 11.4 Å². The summed E-state index contributed by atoms with van der Waals surface area (Å²) in [6.45, 7) is 0.336. The molecule has 37 heavy (non-hydrogen) atoms. The van der Waals surface area contributed by atoms with Crippen LogP contribution in [-0.2, 0) is 20.0 Å². The maximum absolute atomic E-state index is 13.0. The highest BCUT2D eigenvalue weighted by Gasteiger charge is 2.26. The number of aryl methyl sites for hydroxylation is 2. The van der Waals surface area contributed by atoms with Gasteiger partial charge in [-0.15, -0.1) is 10.2 Å². The van der Waals surface area contributed by atoms with Crippen molar-refractivity contribution in [2.24, 2.45) is 7.05 Å². The van der Waals surface area contributed by atoms with E-state index in [9.17, 15) is 9.59 Å². The molecule has 0 bridgehead atoms. The van der Waals surface area contributed by atoms with E-state index in [4.69, 9.17) is 0 Å². The van der Waals surface area contributed by atoms with E-state index in [0.717, 1.165) is 45.2 Å². The first-order chi connectivity index (χ1) is 18.0. The van der Waals surface area contributed by atoms with Crippen LogP contribution in [0.1, 0.15) is 50.1 Å². The van der Waals surface area contributed by atoms with E-state index in [0.29, 0.717) is 12.4 Å². The smallest absolute Gasteiger partial charge is 0.270 e. The van der Waals surface area contributed by atoms with Gasteiger partial charge in [-0.25, -0.2) is 9.97 Å². The highest BCUT2D eigenvalue weighted by Crippen LogP contribution is 2.33. The summed E-state index contributed by atoms with van der Waals surface area (Å²) in [6.07, 6.45) is 4.63. The molecule has 2 amide bonds. The molecule has 0 saturated heterocycles. The highest BCUT2D eigenvalue weighted by molar-refractivity contribution is 7.13. The van der Waals surface area contributed by atoms with Gasteiger partial charge in [0.05, 0.1) is 17.8 Å². The Hall–Kier alpha value is -4.58. The van der Waals surface area contributed by atoms with E-state index in [1.807, 2.05) is 42.6 Å². The van der Waals surface area contributed by atoms with Crippen molar-refractivity contribution in [3.63, 3.8) is 0 Å². The molecule has 2 N–H and O–H groups in total. The summed E-state index contributed by atoms with van der Waals surface area (Å²) in [6, 6.07) is 13.1. The minimum Gasteiger partial charge on any atom is -0.347 e. The maximum Gasteiger partial charge on any atom is 0.270 e. The van der Waals surface area contributed by atoms with Gasteiger partial charge in [0.1, 0.15) is 17.7 Å². The average molecular weight is 512 g/mol. The first-order valence-corrected chi connectivity index (χ1v) is 12.4. The molecule has 6 rings (SSSR count). The van der Waals surface area contributed by atoms with Gasteiger partial charge >= 0.3 is 0 Å². The van der Waals surface area contributed by atoms with E-state index >= 15 is 0 Å². The first kappa shape index (κ1) is 22.9. The van der Waals surface area contributed by atoms with Crippen LogP contribution in [0.15, 0.2) is 55.0 Å². The molecule has 0 radical (unpaired) electrons. The van der Waals surface area contributed by atoms with Gasteiger partial charge in [-0.2, -0.15) is 9.17 Å². The quantitative estimate of drug-likeness (QED) is 0.355. The highest BCUT2D eigenvalue weighted by atomic mass is 32.1. The van der Waals surface area contributed by atoms with Crippen LogP contribution in [0.2, 0.25) is 0 Å². The normalized spacial score (nSPS) is 14.5. The van der Waals surface area contributed by atoms with Crippen LogP contribution in [0.25, 0.3) is 21.5 Å². The second-order valence-electron chi connectivity index (χ2n) is 8.75. The van der Waals surface area contributed by atoms with Gasteiger partial charge in [0.25, 0.3) is 11.8 Å². The van der Waals surface area contributed by atoms with Crippen molar-refractivity contribution in [2.75, 3.05) is 0 Å². The fraction of sp³-hybridized carbons (Fsp3) is 0.200. The van der Waals surface area contributed by atoms with Crippen LogP contribution >= 0.6 is 11.5 Å². The Kier molecular flexibility index (Phi) is 5.85. The number of aromatic nitrogens is 7. The van der Waals surface area contributed by atoms with E-state index in [2.05, 4.69) is 40.4 Å². The number of carbonyl (C=O) groups excluding carboxylic acids is 2. The zero-order valence-electron chi connectivity index (χ0n) is 19.8. The molecule has 0 saturated carbocycles. The molecule has 3 aromatic heterocycles. The lowest BCUT2D eigenvalue weighted by Gasteiger charge is -2.14. The predicted molar refractivity (Wildman–Crippen MR) is 136 cm³/mol. The minimum absolute atomic E-state index is 0.131. The summed E-state index contributed by atoms with van der Waals surface area (Å²) < 4.78 is 5.23. The summed E-state index contributed by atoms with van der Waals surface area (Å²) in [5.74, 6) is -0.171. The van der Waals surface area contributed by atoms with Crippen LogP contribution in [0.4, 0.5) is 0 Å². The van der Waals surface area contributed by atoms with Crippen LogP contribution in [-0.4, -0.2) is 46.4 Å². The SMILES string of the molecule is Cn1nnc(-c2ccc3c(c2)CC[C@H]3NC(=O)c2cc(C(=O)NCc3ccc4cnsc4c3)ncn2)n1. The zero-order valence-corrected chi connectivity index (χ0v) is 20.6. The van der Waals surface area contributed by atoms with Crippen molar-refractivity contribution in [1.82, 2.24) is 45.2 Å². The summed E-state index contributed by atoms with van der Waals surface area (Å²) in [4.78, 5) is 35.3. The second kappa shape index (κ2) is 9.47. The zero-order chi connectivity index (χ0) is 25.4. The largest absolute Gasteiger partial charge is 0.347 e. The lowest BCUT2D eigenvalue weighted by molar-refractivity contribution is 0.0931. The minimum atomic E-state index is -0.378. The van der Waals surface area contributed by atoms with Crippen LogP contribution in [0, 0.1) is 0 Å². The second-order valence-corrected chi connectivity index (χ2v) is 9.58. The summed E-state index contributed by atoms with van der Waals surface area (Å²) >= 11 is 1.41. The Morgan fingerprint density at radius 3 is 2.78 bits per heavy atom. The molecule has 0 unspecified atom stereocenters. The lowest BCUT2D eigenvalue weighted by atomic mass is 10.0. The monoisotopic (exact) mass is 511 g/mol. The lowest BCUT2D eigenvalue weighted by Crippen LogP contribution is -2.29. The van der Waals surface area contributed by atoms with Gasteiger partial charge in [-0.3, -0.25) is 9.59 Å². The number of nitrogens with one attached hydrogen (secondary N) is 2. The number of benzene rings is 2. The van der Waals surface area contributed by atoms with Gasteiger partial charge in [0.2, 0.25) is 5.82 Å². The van der Waals surface area contributed by atoms with E-state index < -0.39 is 0 Å². The Labute approximate surface area is 215 Å². The molecule has 5 aromatic rings. The van der Waals surface area contributed by atoms with E-state index in [1.165, 1.54) is 28.7 Å². The molecule has 1 aliphatic rings. The van der Waals surface area contributed by atoms with Gasteiger partial charge in [-0.1, -0.05) is 24.3 Å². The van der Waals surface area contributed by atoms with Gasteiger partial charge < -0.3 is 10.6 Å². The molecule has 1 atom stereocenters. The molecule has 0 aliphatic heterocycles. The molecule has 12 heteroatoms. The van der Waals surface area contributed by atoms with Crippen molar-refractivity contribution in [2.45, 2.75) is 25.4 Å². The molecule has 1 aliphatic carbocycles. The first-order valence-electron chi connectivity index (χ1n) is 11.6. The summed E-state index contributed by atoms with van der Waals surface area (Å²) in [7, 11) is 1.72. The third-order valence-electron chi connectivity index (χ3n) is 6.30. The summed E-state index contributed by atoms with van der Waals surface area (Å²) in [5, 5.41) is 19.2. The predicted octanol–water partition coefficient (Wildman–Crippen LogP) is 2.62. The van der Waals surface area contributed by atoms with Crippen LogP contribution in [0.5, 0.6) is 0 Å². The molecule has 2 aromatic carbocycles. The fourth-order valence-electron chi connectivity index (χ4n) is 4.43. The molecular formula is C25H21N9O2S. The number of rotatable bonds is 6. The molecular weight excluding hydrogens is 490 g/mol. The van der Waals surface area contributed by atoms with Gasteiger partial charge in [-0.05, 0) is 58.4 Å². The van der Waals surface area contributed by atoms with Crippen molar-refractivity contribution in [1.29, 1.82) is 0 Å². The number of hydrogen-bond donors (Lipinski definition) is 2. The van der Waals surface area contributed by atoms with Gasteiger partial charge in [0, 0.05) is 29.8 Å². The van der Waals surface area contributed by atoms with E-state index in [1.54, 1.807) is 7.05 Å². The average Bonchev–Trinajstić information content (AvgIpc) is 3.67. The Morgan fingerprint density at radius 2 is 1.95 bits per heavy atom. The van der Waals surface area contributed by atoms with Crippen molar-refractivity contribution >= 4 is 33.4 Å². The van der Waals surface area contributed by atoms with Crippen molar-refractivity contribution in [3.05, 3.63) is 83.1 Å². The topological polar surface area (TPSA) is 140 Å². The molecule has 0 spiro atoms. The Morgan fingerprint density at radius 1 is 1.08 bits per heavy atom. The molecule has 11 nitrogen and oxygen atoms in total. The van der Waals surface area contributed by atoms with Gasteiger partial charge in [0.15, 0.2) is 0 Å². The third kappa shape index (κ3) is 4.66. The number of tetrazole rings is 1. The van der Waals surface area contributed by atoms with Crippen LogP contribution < -0.4 is 10.6 Å². The Balaban J connectivity index is 1.11. The standard InChI is InChI=1S/C25H21N9O2S/c1-34-32-23(31-33-34)16-4-6-18-15(9-16)5-7-19(18)30-25(36)21-10-20(27-13-28-21)24(35)26-11-14-2-3-17-12-29-37-22(17)8-14/h2-4,6,8-10,12-13,19H,5,7,11H2,1H3,(H,26,35)(H,30,36)/t19-/m1/s1. The molecule has 184 valence electrons. The number of hydrogen-bond acceptors (Lipinski definition) is 9. The van der Waals surface area contributed by atoms with Crippen molar-refractivity contribution < 1.29 is 9.59 Å². The maximum atomic E-state index is 13.0. The number of carbonyl (C=O) groups is 2. The fourth-order valence-corrected chi connectivity index (χ4v) is 5.14. The Bertz CT molecular complexity index is 1640. The molecule has 3 heterocycles. The third-order valence-corrected chi connectivity index (χ3v) is 7.06. The number of fused-ring (bicyclic) bond motifs is 2. The van der Waals surface area contributed by atoms with Crippen LogP contribution in [0.3, 0.4) is 0 Å². The number of amides is 2. The number of nitrogens with zero attached hydrogens (tertiary/aromatic N) is 7. The van der Waals surface area contributed by atoms with E-state index in [-0.39, 0.29) is 29.2 Å². The molecule has 0 fully saturated rings. The summed E-state index contributed by atoms with van der Waals surface area (Å²) in [5.41, 5.74) is 4.29.